The molecule has 0 aromatic heterocycles. The third-order valence-corrected chi connectivity index (χ3v) is 3.54. The standard InChI is InChI=1S/C10H9F6NO2S/c1-2-5-6(9(11,12)13)3-4-7(10(14,15)16)8(5)20(17,18)19/h3-4H,2H2,1H3,(H2,17,18,19). The molecule has 2 N–H and O–H groups in total. The Labute approximate surface area is 110 Å². The van der Waals surface area contributed by atoms with Crippen LogP contribution < -0.4 is 5.14 Å². The van der Waals surface area contributed by atoms with E-state index in [1.54, 1.807) is 0 Å². The average molecular weight is 321 g/mol. The predicted molar refractivity (Wildman–Crippen MR) is 57.2 cm³/mol. The fraction of sp³-hybridized carbons (Fsp3) is 0.400. The lowest BCUT2D eigenvalue weighted by atomic mass is 10.0. The summed E-state index contributed by atoms with van der Waals surface area (Å²) in [7, 11) is -4.96. The van der Waals surface area contributed by atoms with Gasteiger partial charge in [0.1, 0.15) is 0 Å². The fourth-order valence-electron chi connectivity index (χ4n) is 1.79. The zero-order chi connectivity index (χ0) is 15.9. The summed E-state index contributed by atoms with van der Waals surface area (Å²) in [5.41, 5.74) is -4.14. The molecule has 1 rings (SSSR count). The molecule has 0 unspecified atom stereocenters. The first-order chi connectivity index (χ1) is 8.80. The van der Waals surface area contributed by atoms with Crippen molar-refractivity contribution in [3.8, 4) is 0 Å². The van der Waals surface area contributed by atoms with Gasteiger partial charge < -0.3 is 0 Å². The maximum atomic E-state index is 12.7. The molecular formula is C10H9F6NO2S. The average Bonchev–Trinajstić information content (AvgIpc) is 2.23. The van der Waals surface area contributed by atoms with Crippen LogP contribution in [0.4, 0.5) is 26.3 Å². The molecule has 0 amide bonds. The second-order valence-corrected chi connectivity index (χ2v) is 5.36. The van der Waals surface area contributed by atoms with Gasteiger partial charge in [-0.1, -0.05) is 6.92 Å². The Balaban J connectivity index is 3.89. The number of rotatable bonds is 2. The molecule has 1 aromatic carbocycles. The molecule has 20 heavy (non-hydrogen) atoms. The summed E-state index contributed by atoms with van der Waals surface area (Å²) in [6.07, 6.45) is -10.7. The van der Waals surface area contributed by atoms with Crippen LogP contribution in [-0.4, -0.2) is 8.42 Å². The van der Waals surface area contributed by atoms with Crippen LogP contribution in [0.2, 0.25) is 0 Å². The van der Waals surface area contributed by atoms with Crippen LogP contribution in [0, 0.1) is 0 Å². The van der Waals surface area contributed by atoms with Crippen LogP contribution in [0.25, 0.3) is 0 Å². The molecule has 0 saturated heterocycles. The summed E-state index contributed by atoms with van der Waals surface area (Å²) >= 11 is 0. The molecule has 0 aliphatic carbocycles. The Morgan fingerprint density at radius 1 is 1.00 bits per heavy atom. The number of primary sulfonamides is 1. The van der Waals surface area contributed by atoms with E-state index in [1.165, 1.54) is 0 Å². The van der Waals surface area contributed by atoms with Crippen molar-refractivity contribution in [2.75, 3.05) is 0 Å². The van der Waals surface area contributed by atoms with Crippen molar-refractivity contribution in [3.63, 3.8) is 0 Å². The van der Waals surface area contributed by atoms with Gasteiger partial charge in [-0.25, -0.2) is 13.6 Å². The minimum absolute atomic E-state index is 0.0712. The smallest absolute Gasteiger partial charge is 0.225 e. The van der Waals surface area contributed by atoms with Crippen LogP contribution >= 0.6 is 0 Å². The summed E-state index contributed by atoms with van der Waals surface area (Å²) < 4.78 is 98.9. The summed E-state index contributed by atoms with van der Waals surface area (Å²) in [5.74, 6) is 0. The second kappa shape index (κ2) is 4.92. The third kappa shape index (κ3) is 3.23. The van der Waals surface area contributed by atoms with Crippen LogP contribution in [0.15, 0.2) is 17.0 Å². The second-order valence-electron chi connectivity index (χ2n) is 3.86. The highest BCUT2D eigenvalue weighted by molar-refractivity contribution is 7.89. The van der Waals surface area contributed by atoms with Gasteiger partial charge in [0.15, 0.2) is 0 Å². The van der Waals surface area contributed by atoms with E-state index in [-0.39, 0.29) is 12.1 Å². The molecule has 0 aliphatic heterocycles. The molecule has 3 nitrogen and oxygen atoms in total. The van der Waals surface area contributed by atoms with E-state index in [1.807, 2.05) is 0 Å². The highest BCUT2D eigenvalue weighted by Gasteiger charge is 2.42. The van der Waals surface area contributed by atoms with Crippen molar-refractivity contribution < 1.29 is 34.8 Å². The van der Waals surface area contributed by atoms with Gasteiger partial charge in [0.25, 0.3) is 0 Å². The maximum absolute atomic E-state index is 12.7. The predicted octanol–water partition coefficient (Wildman–Crippen LogP) is 2.93. The lowest BCUT2D eigenvalue weighted by molar-refractivity contribution is -0.143. The Morgan fingerprint density at radius 2 is 1.40 bits per heavy atom. The SMILES string of the molecule is CCc1c(C(F)(F)F)ccc(C(F)(F)F)c1S(N)(=O)=O. The van der Waals surface area contributed by atoms with Crippen molar-refractivity contribution in [2.24, 2.45) is 5.14 Å². The molecule has 10 heteroatoms. The minimum atomic E-state index is -5.13. The first-order valence-corrected chi connectivity index (χ1v) is 6.67. The molecule has 0 heterocycles. The van der Waals surface area contributed by atoms with E-state index in [2.05, 4.69) is 5.14 Å². The number of alkyl halides is 6. The zero-order valence-electron chi connectivity index (χ0n) is 9.93. The first kappa shape index (κ1) is 16.8. The molecule has 1 aromatic rings. The Bertz CT molecular complexity index is 618. The molecule has 0 bridgehead atoms. The zero-order valence-corrected chi connectivity index (χ0v) is 10.7. The number of halogens is 6. The van der Waals surface area contributed by atoms with Crippen molar-refractivity contribution in [1.29, 1.82) is 0 Å². The van der Waals surface area contributed by atoms with E-state index in [4.69, 9.17) is 0 Å². The largest absolute Gasteiger partial charge is 0.417 e. The van der Waals surface area contributed by atoms with Gasteiger partial charge in [0.2, 0.25) is 10.0 Å². The van der Waals surface area contributed by atoms with Gasteiger partial charge in [-0.3, -0.25) is 0 Å². The minimum Gasteiger partial charge on any atom is -0.225 e. The number of sulfonamides is 1. The Morgan fingerprint density at radius 3 is 1.70 bits per heavy atom. The summed E-state index contributed by atoms with van der Waals surface area (Å²) in [4.78, 5) is -1.53. The molecule has 0 aliphatic rings. The van der Waals surface area contributed by atoms with Crippen LogP contribution in [0.3, 0.4) is 0 Å². The normalized spacial score (nSPS) is 13.6. The van der Waals surface area contributed by atoms with Crippen molar-refractivity contribution in [2.45, 2.75) is 30.6 Å². The molecule has 0 radical (unpaired) electrons. The Kier molecular flexibility index (Phi) is 4.12. The number of benzene rings is 1. The van der Waals surface area contributed by atoms with Crippen LogP contribution in [0.5, 0.6) is 0 Å². The van der Waals surface area contributed by atoms with Gasteiger partial charge in [-0.15, -0.1) is 0 Å². The third-order valence-electron chi connectivity index (χ3n) is 2.51. The molecule has 0 fully saturated rings. The summed E-state index contributed by atoms with van der Waals surface area (Å²) in [5, 5.41) is 4.65. The van der Waals surface area contributed by atoms with Gasteiger partial charge in [0.05, 0.1) is 16.0 Å². The van der Waals surface area contributed by atoms with Crippen LogP contribution in [-0.2, 0) is 28.8 Å². The monoisotopic (exact) mass is 321 g/mol. The van der Waals surface area contributed by atoms with E-state index in [0.29, 0.717) is 0 Å². The molecule has 0 saturated carbocycles. The first-order valence-electron chi connectivity index (χ1n) is 5.13. The van der Waals surface area contributed by atoms with Gasteiger partial charge in [-0.05, 0) is 24.1 Å². The van der Waals surface area contributed by atoms with E-state index >= 15 is 0 Å². The maximum Gasteiger partial charge on any atom is 0.417 e. The van der Waals surface area contributed by atoms with E-state index in [9.17, 15) is 34.8 Å². The lowest BCUT2D eigenvalue weighted by Crippen LogP contribution is -2.23. The van der Waals surface area contributed by atoms with Gasteiger partial charge >= 0.3 is 12.4 Å². The quantitative estimate of drug-likeness (QED) is 0.852. The van der Waals surface area contributed by atoms with E-state index in [0.717, 1.165) is 6.92 Å². The molecular weight excluding hydrogens is 312 g/mol. The highest BCUT2D eigenvalue weighted by Crippen LogP contribution is 2.41. The van der Waals surface area contributed by atoms with Gasteiger partial charge in [-0.2, -0.15) is 26.3 Å². The van der Waals surface area contributed by atoms with Gasteiger partial charge in [0, 0.05) is 0 Å². The summed E-state index contributed by atoms with van der Waals surface area (Å²) in [6.45, 7) is 1.11. The Hall–Kier alpha value is -1.29. The van der Waals surface area contributed by atoms with Crippen molar-refractivity contribution >= 4 is 10.0 Å². The fourth-order valence-corrected chi connectivity index (χ4v) is 2.88. The summed E-state index contributed by atoms with van der Waals surface area (Å²) in [6, 6.07) is 0.276. The van der Waals surface area contributed by atoms with Crippen LogP contribution in [0.1, 0.15) is 23.6 Å². The molecule has 0 spiro atoms. The highest BCUT2D eigenvalue weighted by atomic mass is 32.2. The lowest BCUT2D eigenvalue weighted by Gasteiger charge is -2.19. The molecule has 0 atom stereocenters. The van der Waals surface area contributed by atoms with Crippen molar-refractivity contribution in [3.05, 3.63) is 28.8 Å². The van der Waals surface area contributed by atoms with E-state index < -0.39 is 50.4 Å². The molecule has 114 valence electrons. The topological polar surface area (TPSA) is 60.2 Å². The van der Waals surface area contributed by atoms with Crippen molar-refractivity contribution in [1.82, 2.24) is 0 Å². The number of hydrogen-bond acceptors (Lipinski definition) is 2. The number of hydrogen-bond donors (Lipinski definition) is 1. The number of nitrogens with two attached hydrogens (primary N) is 1.